The van der Waals surface area contributed by atoms with E-state index in [-0.39, 0.29) is 11.8 Å². The van der Waals surface area contributed by atoms with Crippen LogP contribution in [0.4, 0.5) is 0 Å². The second-order valence-corrected chi connectivity index (χ2v) is 4.48. The van der Waals surface area contributed by atoms with E-state index >= 15 is 0 Å². The Kier molecular flexibility index (Phi) is 2.40. The van der Waals surface area contributed by atoms with Crippen molar-refractivity contribution >= 4 is 23.1 Å². The summed E-state index contributed by atoms with van der Waals surface area (Å²) in [4.78, 5) is 23.0. The van der Waals surface area contributed by atoms with Crippen molar-refractivity contribution in [2.75, 3.05) is 0 Å². The number of carbonyl (C=O) groups excluding carboxylic acids is 2. The standard InChI is InChI=1S/C8H11NO4S/c10-7-5-3-1-2-4-6(5)8(11)9(7)14(12)13/h5-6H,1-4H2,(H,12,13)/p-1. The SMILES string of the molecule is O=C1C2CCCCC2C(=O)N1S(=O)[O-]. The summed E-state index contributed by atoms with van der Waals surface area (Å²) < 4.78 is 21.7. The number of rotatable bonds is 1. The molecule has 0 aromatic carbocycles. The Morgan fingerprint density at radius 1 is 1.14 bits per heavy atom. The fourth-order valence-electron chi connectivity index (χ4n) is 2.28. The van der Waals surface area contributed by atoms with E-state index in [0.717, 1.165) is 12.8 Å². The highest BCUT2D eigenvalue weighted by molar-refractivity contribution is 7.78. The molecule has 1 heterocycles. The van der Waals surface area contributed by atoms with Crippen LogP contribution in [0.3, 0.4) is 0 Å². The largest absolute Gasteiger partial charge is 0.755 e. The van der Waals surface area contributed by atoms with Crippen LogP contribution in [0.5, 0.6) is 0 Å². The van der Waals surface area contributed by atoms with Gasteiger partial charge in [-0.15, -0.1) is 0 Å². The maximum Gasteiger partial charge on any atom is 0.244 e. The second-order valence-electron chi connectivity index (χ2n) is 3.69. The van der Waals surface area contributed by atoms with Gasteiger partial charge in [0.05, 0.1) is 23.1 Å². The summed E-state index contributed by atoms with van der Waals surface area (Å²) >= 11 is -2.73. The highest BCUT2D eigenvalue weighted by Crippen LogP contribution is 2.38. The van der Waals surface area contributed by atoms with Crippen LogP contribution in [0.15, 0.2) is 0 Å². The number of nitrogens with zero attached hydrogens (tertiary/aromatic N) is 1. The average molecular weight is 216 g/mol. The normalized spacial score (nSPS) is 34.5. The summed E-state index contributed by atoms with van der Waals surface area (Å²) in [7, 11) is 0. The van der Waals surface area contributed by atoms with E-state index < -0.39 is 23.1 Å². The molecule has 78 valence electrons. The van der Waals surface area contributed by atoms with Crippen LogP contribution >= 0.6 is 0 Å². The zero-order valence-electron chi connectivity index (χ0n) is 7.47. The molecule has 5 nitrogen and oxygen atoms in total. The lowest BCUT2D eigenvalue weighted by molar-refractivity contribution is -0.133. The van der Waals surface area contributed by atoms with Crippen molar-refractivity contribution in [3.05, 3.63) is 0 Å². The van der Waals surface area contributed by atoms with Gasteiger partial charge in [0, 0.05) is 0 Å². The van der Waals surface area contributed by atoms with E-state index in [9.17, 15) is 18.4 Å². The molecule has 0 aromatic heterocycles. The quantitative estimate of drug-likeness (QED) is 0.455. The van der Waals surface area contributed by atoms with Gasteiger partial charge in [0.2, 0.25) is 11.8 Å². The minimum atomic E-state index is -2.73. The van der Waals surface area contributed by atoms with Crippen LogP contribution in [0, 0.1) is 11.8 Å². The molecule has 1 saturated carbocycles. The molecule has 0 bridgehead atoms. The molecular weight excluding hydrogens is 206 g/mol. The van der Waals surface area contributed by atoms with E-state index in [2.05, 4.69) is 0 Å². The third kappa shape index (κ3) is 1.29. The average Bonchev–Trinajstić information content (AvgIpc) is 2.41. The molecule has 6 heteroatoms. The smallest absolute Gasteiger partial charge is 0.244 e. The number of imide groups is 1. The fraction of sp³-hybridized carbons (Fsp3) is 0.750. The summed E-state index contributed by atoms with van der Waals surface area (Å²) in [5.74, 6) is -1.83. The third-order valence-electron chi connectivity index (χ3n) is 2.95. The maximum absolute atomic E-state index is 11.5. The van der Waals surface area contributed by atoms with E-state index in [1.165, 1.54) is 0 Å². The first-order chi connectivity index (χ1) is 6.63. The zero-order chi connectivity index (χ0) is 10.3. The molecular formula is C8H10NO4S-. The number of carbonyl (C=O) groups is 2. The molecule has 2 fully saturated rings. The van der Waals surface area contributed by atoms with Gasteiger partial charge in [-0.3, -0.25) is 13.8 Å². The molecule has 14 heavy (non-hydrogen) atoms. The Balaban J connectivity index is 2.29. The first-order valence-corrected chi connectivity index (χ1v) is 5.63. The van der Waals surface area contributed by atoms with Gasteiger partial charge < -0.3 is 4.55 Å². The van der Waals surface area contributed by atoms with Crippen LogP contribution < -0.4 is 0 Å². The van der Waals surface area contributed by atoms with Crippen molar-refractivity contribution in [1.29, 1.82) is 0 Å². The minimum absolute atomic E-state index is 0.380. The topological polar surface area (TPSA) is 77.5 Å². The van der Waals surface area contributed by atoms with Gasteiger partial charge in [-0.25, -0.2) is 4.31 Å². The monoisotopic (exact) mass is 216 g/mol. The predicted molar refractivity (Wildman–Crippen MR) is 46.2 cm³/mol. The third-order valence-corrected chi connectivity index (χ3v) is 3.61. The molecule has 0 spiro atoms. The molecule has 0 radical (unpaired) electrons. The fourth-order valence-corrected chi connectivity index (χ4v) is 2.84. The van der Waals surface area contributed by atoms with Gasteiger partial charge in [-0.1, -0.05) is 12.8 Å². The molecule has 1 saturated heterocycles. The molecule has 2 aliphatic rings. The Morgan fingerprint density at radius 3 is 1.93 bits per heavy atom. The Morgan fingerprint density at radius 2 is 1.57 bits per heavy atom. The maximum atomic E-state index is 11.5. The van der Waals surface area contributed by atoms with Gasteiger partial charge in [0.25, 0.3) is 0 Å². The molecule has 0 aromatic rings. The summed E-state index contributed by atoms with van der Waals surface area (Å²) in [6.45, 7) is 0. The first kappa shape index (κ1) is 9.79. The molecule has 1 aliphatic heterocycles. The first-order valence-electron chi connectivity index (χ1n) is 4.60. The molecule has 0 N–H and O–H groups in total. The molecule has 3 atom stereocenters. The Bertz CT molecular complexity index is 292. The lowest BCUT2D eigenvalue weighted by Crippen LogP contribution is -2.32. The highest BCUT2D eigenvalue weighted by atomic mass is 32.2. The summed E-state index contributed by atoms with van der Waals surface area (Å²) in [5, 5.41) is 0. The number of amides is 2. The van der Waals surface area contributed by atoms with E-state index in [4.69, 9.17) is 0 Å². The van der Waals surface area contributed by atoms with Gasteiger partial charge >= 0.3 is 0 Å². The van der Waals surface area contributed by atoms with Crippen LogP contribution in [0.2, 0.25) is 0 Å². The Hall–Kier alpha value is -0.750. The predicted octanol–water partition coefficient (Wildman–Crippen LogP) is -0.0443. The zero-order valence-corrected chi connectivity index (χ0v) is 8.29. The van der Waals surface area contributed by atoms with Crippen LogP contribution in [0.25, 0.3) is 0 Å². The lowest BCUT2D eigenvalue weighted by Gasteiger charge is -2.19. The van der Waals surface area contributed by atoms with E-state index in [1.807, 2.05) is 0 Å². The van der Waals surface area contributed by atoms with Crippen molar-refractivity contribution in [2.24, 2.45) is 11.8 Å². The summed E-state index contributed by atoms with van der Waals surface area (Å²) in [5.41, 5.74) is 0. The Labute approximate surface area is 83.9 Å². The van der Waals surface area contributed by atoms with E-state index in [0.29, 0.717) is 17.1 Å². The van der Waals surface area contributed by atoms with Gasteiger partial charge in [0.1, 0.15) is 0 Å². The molecule has 2 rings (SSSR count). The van der Waals surface area contributed by atoms with Crippen molar-refractivity contribution in [3.63, 3.8) is 0 Å². The summed E-state index contributed by atoms with van der Waals surface area (Å²) in [6, 6.07) is 0. The van der Waals surface area contributed by atoms with Crippen molar-refractivity contribution in [2.45, 2.75) is 25.7 Å². The lowest BCUT2D eigenvalue weighted by atomic mass is 9.81. The highest BCUT2D eigenvalue weighted by Gasteiger charge is 2.48. The van der Waals surface area contributed by atoms with Gasteiger partial charge in [0.15, 0.2) is 0 Å². The van der Waals surface area contributed by atoms with Crippen LogP contribution in [-0.4, -0.2) is 24.9 Å². The van der Waals surface area contributed by atoms with Crippen molar-refractivity contribution in [1.82, 2.24) is 4.31 Å². The van der Waals surface area contributed by atoms with Crippen molar-refractivity contribution in [3.8, 4) is 0 Å². The van der Waals surface area contributed by atoms with Crippen LogP contribution in [0.1, 0.15) is 25.7 Å². The van der Waals surface area contributed by atoms with Gasteiger partial charge in [-0.05, 0) is 12.8 Å². The summed E-state index contributed by atoms with van der Waals surface area (Å²) in [6.07, 6.45) is 3.09. The number of hydrogen-bond acceptors (Lipinski definition) is 4. The minimum Gasteiger partial charge on any atom is -0.755 e. The molecule has 3 unspecified atom stereocenters. The van der Waals surface area contributed by atoms with Crippen molar-refractivity contribution < 1.29 is 18.4 Å². The van der Waals surface area contributed by atoms with E-state index in [1.54, 1.807) is 0 Å². The number of fused-ring (bicyclic) bond motifs is 1. The second kappa shape index (κ2) is 3.43. The number of hydrogen-bond donors (Lipinski definition) is 0. The van der Waals surface area contributed by atoms with Gasteiger partial charge in [-0.2, -0.15) is 0 Å². The van der Waals surface area contributed by atoms with Crippen LogP contribution in [-0.2, 0) is 20.9 Å². The molecule has 2 amide bonds. The molecule has 1 aliphatic carbocycles.